The fraction of sp³-hybridized carbons (Fsp3) is 0.615. The third kappa shape index (κ3) is 3.67. The quantitative estimate of drug-likeness (QED) is 0.908. The average Bonchev–Trinajstić information content (AvgIpc) is 2.38. The normalized spacial score (nSPS) is 22.9. The van der Waals surface area contributed by atoms with Gasteiger partial charge in [0.25, 0.3) is 0 Å². The molecule has 18 heavy (non-hydrogen) atoms. The van der Waals surface area contributed by atoms with Gasteiger partial charge >= 0.3 is 0 Å². The maximum absolute atomic E-state index is 12.8. The zero-order chi connectivity index (χ0) is 13.0. The minimum absolute atomic E-state index is 0.104. The van der Waals surface area contributed by atoms with Gasteiger partial charge < -0.3 is 5.73 Å². The Morgan fingerprint density at radius 3 is 3.11 bits per heavy atom. The van der Waals surface area contributed by atoms with Gasteiger partial charge in [-0.25, -0.2) is 4.39 Å². The van der Waals surface area contributed by atoms with Crippen molar-refractivity contribution >= 4 is 11.8 Å². The lowest BCUT2D eigenvalue weighted by Gasteiger charge is -2.33. The number of aromatic nitrogens is 1. The van der Waals surface area contributed by atoms with Gasteiger partial charge in [-0.1, -0.05) is 0 Å². The second-order valence-electron chi connectivity index (χ2n) is 4.76. The second-order valence-corrected chi connectivity index (χ2v) is 5.91. The predicted molar refractivity (Wildman–Crippen MR) is 74.1 cm³/mol. The molecule has 0 radical (unpaired) electrons. The average molecular weight is 269 g/mol. The number of rotatable bonds is 4. The first-order chi connectivity index (χ1) is 8.66. The fourth-order valence-corrected chi connectivity index (χ4v) is 3.24. The molecule has 1 saturated heterocycles. The molecule has 0 aliphatic carbocycles. The third-order valence-electron chi connectivity index (χ3n) is 3.36. The molecule has 100 valence electrons. The second kappa shape index (κ2) is 6.50. The van der Waals surface area contributed by atoms with Crippen molar-refractivity contribution in [2.75, 3.05) is 24.6 Å². The Hall–Kier alpha value is -0.650. The zero-order valence-electron chi connectivity index (χ0n) is 10.7. The van der Waals surface area contributed by atoms with E-state index in [-0.39, 0.29) is 11.9 Å². The first-order valence-electron chi connectivity index (χ1n) is 6.35. The van der Waals surface area contributed by atoms with Crippen LogP contribution in [-0.4, -0.2) is 40.5 Å². The molecule has 0 aromatic carbocycles. The Balaban J connectivity index is 1.83. The largest absolute Gasteiger partial charge is 0.323 e. The lowest BCUT2D eigenvalue weighted by Crippen LogP contribution is -2.41. The third-order valence-corrected chi connectivity index (χ3v) is 4.55. The first kappa shape index (κ1) is 13.8. The molecular formula is C13H20FN3S. The zero-order valence-corrected chi connectivity index (χ0v) is 11.5. The maximum atomic E-state index is 12.8. The molecule has 1 aliphatic rings. The summed E-state index contributed by atoms with van der Waals surface area (Å²) in [6, 6.07) is 3.61. The van der Waals surface area contributed by atoms with Crippen molar-refractivity contribution in [3.05, 3.63) is 29.8 Å². The molecule has 2 N–H and O–H groups in total. The van der Waals surface area contributed by atoms with Crippen LogP contribution in [0.3, 0.4) is 0 Å². The molecule has 0 spiro atoms. The van der Waals surface area contributed by atoms with Gasteiger partial charge in [-0.05, 0) is 25.5 Å². The van der Waals surface area contributed by atoms with Gasteiger partial charge in [-0.15, -0.1) is 0 Å². The van der Waals surface area contributed by atoms with E-state index in [9.17, 15) is 4.39 Å². The van der Waals surface area contributed by atoms with Gasteiger partial charge in [0.2, 0.25) is 0 Å². The van der Waals surface area contributed by atoms with Gasteiger partial charge in [0.05, 0.1) is 11.9 Å². The van der Waals surface area contributed by atoms with Crippen LogP contribution in [0.5, 0.6) is 0 Å². The van der Waals surface area contributed by atoms with Crippen molar-refractivity contribution in [1.82, 2.24) is 9.88 Å². The highest BCUT2D eigenvalue weighted by atomic mass is 32.2. The number of thioether (sulfide) groups is 1. The van der Waals surface area contributed by atoms with Gasteiger partial charge in [-0.3, -0.25) is 9.88 Å². The van der Waals surface area contributed by atoms with Crippen LogP contribution in [0.1, 0.15) is 25.1 Å². The van der Waals surface area contributed by atoms with Gasteiger partial charge in [0.1, 0.15) is 5.82 Å². The van der Waals surface area contributed by atoms with Crippen LogP contribution in [-0.2, 0) is 0 Å². The highest BCUT2D eigenvalue weighted by molar-refractivity contribution is 7.99. The molecule has 0 saturated carbocycles. The maximum Gasteiger partial charge on any atom is 0.141 e. The lowest BCUT2D eigenvalue weighted by molar-refractivity contribution is 0.224. The molecule has 1 aromatic heterocycles. The summed E-state index contributed by atoms with van der Waals surface area (Å²) in [5.74, 6) is 2.09. The number of hydrogen-bond acceptors (Lipinski definition) is 4. The molecule has 2 atom stereocenters. The number of halogens is 1. The van der Waals surface area contributed by atoms with Gasteiger partial charge in [-0.2, -0.15) is 11.8 Å². The molecule has 1 aromatic rings. The Morgan fingerprint density at radius 2 is 2.44 bits per heavy atom. The standard InChI is InChI=1S/C13H20FN3S/c1-10-9-18-7-6-17(10)5-4-12(15)13-3-2-11(14)8-16-13/h2-3,8,10,12H,4-7,9,15H2,1H3. The van der Waals surface area contributed by atoms with Crippen molar-refractivity contribution in [3.8, 4) is 0 Å². The van der Waals surface area contributed by atoms with Crippen molar-refractivity contribution in [1.29, 1.82) is 0 Å². The Morgan fingerprint density at radius 1 is 1.61 bits per heavy atom. The van der Waals surface area contributed by atoms with E-state index in [1.54, 1.807) is 6.07 Å². The highest BCUT2D eigenvalue weighted by Gasteiger charge is 2.19. The summed E-state index contributed by atoms with van der Waals surface area (Å²) in [5.41, 5.74) is 6.86. The molecule has 3 nitrogen and oxygen atoms in total. The summed E-state index contributed by atoms with van der Waals surface area (Å²) in [6.07, 6.45) is 2.10. The molecule has 2 rings (SSSR count). The summed E-state index contributed by atoms with van der Waals surface area (Å²) in [5, 5.41) is 0. The molecule has 0 bridgehead atoms. The van der Waals surface area contributed by atoms with Crippen molar-refractivity contribution in [2.24, 2.45) is 5.73 Å². The Labute approximate surface area is 112 Å². The molecule has 2 unspecified atom stereocenters. The first-order valence-corrected chi connectivity index (χ1v) is 7.51. The van der Waals surface area contributed by atoms with Crippen LogP contribution in [0, 0.1) is 5.82 Å². The van der Waals surface area contributed by atoms with E-state index in [0.29, 0.717) is 6.04 Å². The van der Waals surface area contributed by atoms with E-state index < -0.39 is 0 Å². The number of nitrogens with zero attached hydrogens (tertiary/aromatic N) is 2. The van der Waals surface area contributed by atoms with Crippen molar-refractivity contribution < 1.29 is 4.39 Å². The van der Waals surface area contributed by atoms with Gasteiger partial charge in [0, 0.05) is 36.7 Å². The van der Waals surface area contributed by atoms with Crippen LogP contribution in [0.2, 0.25) is 0 Å². The molecule has 0 amide bonds. The van der Waals surface area contributed by atoms with E-state index in [1.165, 1.54) is 23.8 Å². The number of nitrogens with two attached hydrogens (primary N) is 1. The van der Waals surface area contributed by atoms with Crippen LogP contribution < -0.4 is 5.73 Å². The Bertz CT molecular complexity index is 371. The van der Waals surface area contributed by atoms with Crippen molar-refractivity contribution in [2.45, 2.75) is 25.4 Å². The molecule has 5 heteroatoms. The molecule has 1 fully saturated rings. The number of hydrogen-bond donors (Lipinski definition) is 1. The summed E-state index contributed by atoms with van der Waals surface area (Å²) >= 11 is 2.01. The monoisotopic (exact) mass is 269 g/mol. The highest BCUT2D eigenvalue weighted by Crippen LogP contribution is 2.18. The minimum Gasteiger partial charge on any atom is -0.323 e. The molecule has 1 aliphatic heterocycles. The minimum atomic E-state index is -0.312. The van der Waals surface area contributed by atoms with Crippen LogP contribution >= 0.6 is 11.8 Å². The SMILES string of the molecule is CC1CSCCN1CCC(N)c1ccc(F)cn1. The van der Waals surface area contributed by atoms with E-state index in [2.05, 4.69) is 16.8 Å². The van der Waals surface area contributed by atoms with E-state index in [4.69, 9.17) is 5.73 Å². The fourth-order valence-electron chi connectivity index (χ4n) is 2.15. The molecule has 2 heterocycles. The smallest absolute Gasteiger partial charge is 0.141 e. The van der Waals surface area contributed by atoms with Crippen LogP contribution in [0.15, 0.2) is 18.3 Å². The van der Waals surface area contributed by atoms with E-state index in [0.717, 1.165) is 25.2 Å². The van der Waals surface area contributed by atoms with E-state index >= 15 is 0 Å². The van der Waals surface area contributed by atoms with Crippen molar-refractivity contribution in [3.63, 3.8) is 0 Å². The van der Waals surface area contributed by atoms with Gasteiger partial charge in [0.15, 0.2) is 0 Å². The van der Waals surface area contributed by atoms with Crippen LogP contribution in [0.4, 0.5) is 4.39 Å². The summed E-state index contributed by atoms with van der Waals surface area (Å²) < 4.78 is 12.8. The predicted octanol–water partition coefficient (Wildman–Crippen LogP) is 2.05. The van der Waals surface area contributed by atoms with E-state index in [1.807, 2.05) is 11.8 Å². The summed E-state index contributed by atoms with van der Waals surface area (Å²) in [4.78, 5) is 6.51. The summed E-state index contributed by atoms with van der Waals surface area (Å²) in [7, 11) is 0. The van der Waals surface area contributed by atoms with Crippen LogP contribution in [0.25, 0.3) is 0 Å². The Kier molecular flexibility index (Phi) is 4.97. The number of pyridine rings is 1. The topological polar surface area (TPSA) is 42.1 Å². The molecular weight excluding hydrogens is 249 g/mol. The lowest BCUT2D eigenvalue weighted by atomic mass is 10.1. The summed E-state index contributed by atoms with van der Waals surface area (Å²) in [6.45, 7) is 4.38.